The van der Waals surface area contributed by atoms with Crippen LogP contribution < -0.4 is 8.92 Å². The van der Waals surface area contributed by atoms with E-state index in [1.807, 2.05) is 33.8 Å². The van der Waals surface area contributed by atoms with E-state index in [2.05, 4.69) is 0 Å². The number of amides is 1. The van der Waals surface area contributed by atoms with Crippen molar-refractivity contribution >= 4 is 16.0 Å². The number of hydrogen-bond donors (Lipinski definition) is 0. The molecular weight excluding hydrogens is 390 g/mol. The average molecular weight is 420 g/mol. The van der Waals surface area contributed by atoms with Crippen LogP contribution in [0.4, 0.5) is 0 Å². The summed E-state index contributed by atoms with van der Waals surface area (Å²) in [6.07, 6.45) is 0.472. The maximum atomic E-state index is 12.5. The fourth-order valence-corrected chi connectivity index (χ4v) is 3.76. The summed E-state index contributed by atoms with van der Waals surface area (Å²) in [6, 6.07) is 12.8. The molecule has 6 nitrogen and oxygen atoms in total. The number of nitrogens with zero attached hydrogens (tertiary/aromatic N) is 1. The summed E-state index contributed by atoms with van der Waals surface area (Å²) in [5.41, 5.74) is 0.804. The third-order valence-corrected chi connectivity index (χ3v) is 5.59. The Morgan fingerprint density at radius 1 is 1.00 bits per heavy atom. The first-order valence-electron chi connectivity index (χ1n) is 9.59. The van der Waals surface area contributed by atoms with Gasteiger partial charge in [-0.2, -0.15) is 8.42 Å². The summed E-state index contributed by atoms with van der Waals surface area (Å²) in [6.45, 7) is 8.34. The maximum absolute atomic E-state index is 12.5. The first-order valence-corrected chi connectivity index (χ1v) is 11.0. The lowest BCUT2D eigenvalue weighted by atomic mass is 10.1. The molecule has 0 atom stereocenters. The van der Waals surface area contributed by atoms with Crippen molar-refractivity contribution in [3.63, 3.8) is 0 Å². The molecule has 0 spiro atoms. The lowest BCUT2D eigenvalue weighted by Gasteiger charge is -2.28. The number of rotatable bonds is 9. The van der Waals surface area contributed by atoms with Gasteiger partial charge in [0.15, 0.2) is 0 Å². The van der Waals surface area contributed by atoms with E-state index in [0.717, 1.165) is 5.56 Å². The number of carbonyl (C=O) groups excluding carboxylic acids is 1. The highest BCUT2D eigenvalue weighted by atomic mass is 32.2. The third kappa shape index (κ3) is 6.49. The van der Waals surface area contributed by atoms with Crippen molar-refractivity contribution < 1.29 is 22.1 Å². The monoisotopic (exact) mass is 419 g/mol. The fourth-order valence-electron chi connectivity index (χ4n) is 2.83. The van der Waals surface area contributed by atoms with E-state index >= 15 is 0 Å². The molecule has 0 aliphatic heterocycles. The molecule has 0 radical (unpaired) electrons. The van der Waals surface area contributed by atoms with Gasteiger partial charge < -0.3 is 13.8 Å². The van der Waals surface area contributed by atoms with Gasteiger partial charge in [0, 0.05) is 19.0 Å². The summed E-state index contributed by atoms with van der Waals surface area (Å²) >= 11 is 0. The Hall–Kier alpha value is -2.54. The Balaban J connectivity index is 2.18. The predicted octanol–water partition coefficient (Wildman–Crippen LogP) is 4.25. The zero-order valence-electron chi connectivity index (χ0n) is 17.6. The van der Waals surface area contributed by atoms with Crippen LogP contribution in [0.5, 0.6) is 11.5 Å². The van der Waals surface area contributed by atoms with Gasteiger partial charge in [0.1, 0.15) is 16.4 Å². The molecule has 158 valence electrons. The standard InChI is InChI=1S/C22H29NO5S/c1-16(2)13-22(24)23(17(3)4)15-18-7-6-8-20(14-18)28-29(25,26)21-11-9-19(27-5)10-12-21/h6-12,14,16-17H,13,15H2,1-5H3. The predicted molar refractivity (Wildman–Crippen MR) is 112 cm³/mol. The van der Waals surface area contributed by atoms with E-state index in [1.54, 1.807) is 35.2 Å². The quantitative estimate of drug-likeness (QED) is 0.568. The average Bonchev–Trinajstić information content (AvgIpc) is 2.65. The van der Waals surface area contributed by atoms with E-state index in [-0.39, 0.29) is 28.5 Å². The second-order valence-corrected chi connectivity index (χ2v) is 9.12. The Morgan fingerprint density at radius 2 is 1.66 bits per heavy atom. The van der Waals surface area contributed by atoms with Crippen LogP contribution in [0, 0.1) is 5.92 Å². The van der Waals surface area contributed by atoms with E-state index in [9.17, 15) is 13.2 Å². The lowest BCUT2D eigenvalue weighted by Crippen LogP contribution is -2.36. The largest absolute Gasteiger partial charge is 0.497 e. The van der Waals surface area contributed by atoms with Gasteiger partial charge in [0.2, 0.25) is 5.91 Å². The van der Waals surface area contributed by atoms with E-state index < -0.39 is 10.1 Å². The summed E-state index contributed by atoms with van der Waals surface area (Å²) in [5.74, 6) is 1.12. The molecule has 0 aliphatic carbocycles. The molecule has 0 saturated heterocycles. The zero-order chi connectivity index (χ0) is 21.6. The van der Waals surface area contributed by atoms with Crippen molar-refractivity contribution in [2.45, 2.75) is 51.6 Å². The van der Waals surface area contributed by atoms with E-state index in [1.165, 1.54) is 19.2 Å². The molecule has 1 amide bonds. The van der Waals surface area contributed by atoms with Crippen LogP contribution in [-0.2, 0) is 21.5 Å². The second kappa shape index (κ2) is 9.78. The molecule has 0 heterocycles. The molecule has 0 bridgehead atoms. The molecule has 0 unspecified atom stereocenters. The fraction of sp³-hybridized carbons (Fsp3) is 0.409. The van der Waals surface area contributed by atoms with Crippen molar-refractivity contribution in [1.82, 2.24) is 4.90 Å². The van der Waals surface area contributed by atoms with Crippen molar-refractivity contribution in [3.8, 4) is 11.5 Å². The highest BCUT2D eigenvalue weighted by Gasteiger charge is 2.20. The Labute approximate surface area is 173 Å². The van der Waals surface area contributed by atoms with Crippen LogP contribution in [0.3, 0.4) is 0 Å². The van der Waals surface area contributed by atoms with Gasteiger partial charge >= 0.3 is 10.1 Å². The first-order chi connectivity index (χ1) is 13.6. The lowest BCUT2D eigenvalue weighted by molar-refractivity contribution is -0.134. The summed E-state index contributed by atoms with van der Waals surface area (Å²) in [5, 5.41) is 0. The summed E-state index contributed by atoms with van der Waals surface area (Å²) < 4.78 is 35.4. The third-order valence-electron chi connectivity index (χ3n) is 4.33. The van der Waals surface area contributed by atoms with Gasteiger partial charge in [-0.1, -0.05) is 26.0 Å². The molecule has 0 saturated carbocycles. The second-order valence-electron chi connectivity index (χ2n) is 7.57. The highest BCUT2D eigenvalue weighted by molar-refractivity contribution is 7.87. The minimum atomic E-state index is -3.97. The molecule has 2 aromatic rings. The zero-order valence-corrected chi connectivity index (χ0v) is 18.4. The molecule has 29 heavy (non-hydrogen) atoms. The molecule has 0 N–H and O–H groups in total. The Kier molecular flexibility index (Phi) is 7.67. The van der Waals surface area contributed by atoms with Crippen LogP contribution in [0.15, 0.2) is 53.4 Å². The molecule has 0 aliphatic rings. The number of methoxy groups -OCH3 is 1. The van der Waals surface area contributed by atoms with Gasteiger partial charge in [-0.3, -0.25) is 4.79 Å². The van der Waals surface area contributed by atoms with Gasteiger partial charge in [0.25, 0.3) is 0 Å². The van der Waals surface area contributed by atoms with Crippen molar-refractivity contribution in [1.29, 1.82) is 0 Å². The Morgan fingerprint density at radius 3 is 2.21 bits per heavy atom. The van der Waals surface area contributed by atoms with Crippen LogP contribution >= 0.6 is 0 Å². The molecule has 2 aromatic carbocycles. The highest BCUT2D eigenvalue weighted by Crippen LogP contribution is 2.23. The van der Waals surface area contributed by atoms with Crippen LogP contribution in [0.2, 0.25) is 0 Å². The maximum Gasteiger partial charge on any atom is 0.339 e. The van der Waals surface area contributed by atoms with Crippen molar-refractivity contribution in [2.75, 3.05) is 7.11 Å². The smallest absolute Gasteiger partial charge is 0.339 e. The number of benzene rings is 2. The molecule has 7 heteroatoms. The molecular formula is C22H29NO5S. The van der Waals surface area contributed by atoms with Crippen LogP contribution in [-0.4, -0.2) is 32.4 Å². The van der Waals surface area contributed by atoms with Crippen molar-refractivity contribution in [3.05, 3.63) is 54.1 Å². The minimum Gasteiger partial charge on any atom is -0.497 e. The van der Waals surface area contributed by atoms with Crippen molar-refractivity contribution in [2.24, 2.45) is 5.92 Å². The number of ether oxygens (including phenoxy) is 1. The van der Waals surface area contributed by atoms with Gasteiger partial charge in [0.05, 0.1) is 7.11 Å². The topological polar surface area (TPSA) is 72.9 Å². The molecule has 0 aromatic heterocycles. The molecule has 2 rings (SSSR count). The normalized spacial score (nSPS) is 11.6. The van der Waals surface area contributed by atoms with E-state index in [4.69, 9.17) is 8.92 Å². The summed E-state index contributed by atoms with van der Waals surface area (Å²) in [4.78, 5) is 14.4. The Bertz CT molecular complexity index is 920. The summed E-state index contributed by atoms with van der Waals surface area (Å²) in [7, 11) is -2.46. The number of hydrogen-bond acceptors (Lipinski definition) is 5. The minimum absolute atomic E-state index is 0.0360. The van der Waals surface area contributed by atoms with Gasteiger partial charge in [-0.05, 0) is 61.7 Å². The first kappa shape index (κ1) is 22.7. The van der Waals surface area contributed by atoms with E-state index in [0.29, 0.717) is 18.7 Å². The van der Waals surface area contributed by atoms with Gasteiger partial charge in [-0.15, -0.1) is 0 Å². The van der Waals surface area contributed by atoms with Gasteiger partial charge in [-0.25, -0.2) is 0 Å². The number of carbonyl (C=O) groups is 1. The molecule has 0 fully saturated rings. The SMILES string of the molecule is COc1ccc(S(=O)(=O)Oc2cccc(CN(C(=O)CC(C)C)C(C)C)c2)cc1. The van der Waals surface area contributed by atoms with Crippen LogP contribution in [0.25, 0.3) is 0 Å². The van der Waals surface area contributed by atoms with Crippen LogP contribution in [0.1, 0.15) is 39.7 Å².